The van der Waals surface area contributed by atoms with Crippen molar-refractivity contribution in [1.29, 1.82) is 0 Å². The molecule has 0 spiro atoms. The van der Waals surface area contributed by atoms with Crippen molar-refractivity contribution in [3.63, 3.8) is 0 Å². The smallest absolute Gasteiger partial charge is 0.123 e. The van der Waals surface area contributed by atoms with Crippen LogP contribution in [0.2, 0.25) is 0 Å². The highest BCUT2D eigenvalue weighted by Gasteiger charge is 2.30. The summed E-state index contributed by atoms with van der Waals surface area (Å²) in [6, 6.07) is 4.45. The molecule has 3 heteroatoms. The molecule has 2 unspecified atom stereocenters. The summed E-state index contributed by atoms with van der Waals surface area (Å²) in [6.45, 7) is 10.0. The molecule has 17 heavy (non-hydrogen) atoms. The fourth-order valence-corrected chi connectivity index (χ4v) is 1.95. The summed E-state index contributed by atoms with van der Waals surface area (Å²) < 4.78 is 18.9. The van der Waals surface area contributed by atoms with Gasteiger partial charge in [0.15, 0.2) is 0 Å². The molecule has 96 valence electrons. The van der Waals surface area contributed by atoms with Crippen LogP contribution < -0.4 is 10.5 Å². The first-order valence-corrected chi connectivity index (χ1v) is 5.90. The van der Waals surface area contributed by atoms with E-state index >= 15 is 0 Å². The lowest BCUT2D eigenvalue weighted by molar-refractivity contribution is 0.0677. The van der Waals surface area contributed by atoms with E-state index < -0.39 is 0 Å². The van der Waals surface area contributed by atoms with E-state index in [1.54, 1.807) is 6.07 Å². The Morgan fingerprint density at radius 1 is 1.29 bits per heavy atom. The van der Waals surface area contributed by atoms with Crippen LogP contribution in [0.15, 0.2) is 18.2 Å². The van der Waals surface area contributed by atoms with Crippen molar-refractivity contribution in [2.75, 3.05) is 0 Å². The van der Waals surface area contributed by atoms with Gasteiger partial charge < -0.3 is 10.5 Å². The molecule has 1 rings (SSSR count). The van der Waals surface area contributed by atoms with Gasteiger partial charge in [-0.2, -0.15) is 0 Å². The zero-order chi connectivity index (χ0) is 13.2. The van der Waals surface area contributed by atoms with Crippen LogP contribution in [0.5, 0.6) is 5.75 Å². The largest absolute Gasteiger partial charge is 0.488 e. The van der Waals surface area contributed by atoms with Crippen molar-refractivity contribution in [3.8, 4) is 5.75 Å². The van der Waals surface area contributed by atoms with Crippen molar-refractivity contribution in [2.24, 2.45) is 11.1 Å². The Bertz CT molecular complexity index is 382. The Hall–Kier alpha value is -1.09. The maximum absolute atomic E-state index is 13.0. The predicted octanol–water partition coefficient (Wildman–Crippen LogP) is 3.27. The molecule has 0 aliphatic rings. The van der Waals surface area contributed by atoms with Gasteiger partial charge in [-0.05, 0) is 37.6 Å². The summed E-state index contributed by atoms with van der Waals surface area (Å²) in [5.74, 6) is 0.451. The molecule has 2 atom stereocenters. The van der Waals surface area contributed by atoms with Crippen LogP contribution in [-0.2, 0) is 0 Å². The summed E-state index contributed by atoms with van der Waals surface area (Å²) in [4.78, 5) is 0. The minimum absolute atomic E-state index is 0.0605. The SMILES string of the molecule is Cc1cc(F)ccc1OC(C(C)N)C(C)(C)C. The topological polar surface area (TPSA) is 35.2 Å². The lowest BCUT2D eigenvalue weighted by Gasteiger charge is -2.34. The molecule has 0 fully saturated rings. The molecule has 0 aliphatic heterocycles. The molecule has 0 heterocycles. The van der Waals surface area contributed by atoms with Crippen LogP contribution in [0.3, 0.4) is 0 Å². The van der Waals surface area contributed by atoms with Crippen LogP contribution in [0, 0.1) is 18.2 Å². The Morgan fingerprint density at radius 3 is 2.29 bits per heavy atom. The van der Waals surface area contributed by atoms with E-state index in [0.29, 0.717) is 5.75 Å². The fraction of sp³-hybridized carbons (Fsp3) is 0.571. The van der Waals surface area contributed by atoms with Crippen molar-refractivity contribution in [2.45, 2.75) is 46.8 Å². The quantitative estimate of drug-likeness (QED) is 0.878. The molecule has 0 aromatic heterocycles. The zero-order valence-corrected chi connectivity index (χ0v) is 11.3. The second-order valence-electron chi connectivity index (χ2n) is 5.67. The first-order chi connectivity index (χ1) is 7.71. The van der Waals surface area contributed by atoms with Crippen molar-refractivity contribution < 1.29 is 9.13 Å². The summed E-state index contributed by atoms with van der Waals surface area (Å²) in [6.07, 6.45) is -0.105. The molecule has 0 amide bonds. The number of ether oxygens (including phenoxy) is 1. The van der Waals surface area contributed by atoms with Crippen molar-refractivity contribution in [1.82, 2.24) is 0 Å². The van der Waals surface area contributed by atoms with Crippen molar-refractivity contribution in [3.05, 3.63) is 29.6 Å². The van der Waals surface area contributed by atoms with E-state index in [-0.39, 0.29) is 23.4 Å². The van der Waals surface area contributed by atoms with E-state index in [1.807, 2.05) is 13.8 Å². The summed E-state index contributed by atoms with van der Waals surface area (Å²) in [7, 11) is 0. The van der Waals surface area contributed by atoms with Crippen LogP contribution in [0.25, 0.3) is 0 Å². The van der Waals surface area contributed by atoms with Gasteiger partial charge in [0, 0.05) is 11.5 Å². The normalized spacial score (nSPS) is 15.5. The Balaban J connectivity index is 2.94. The van der Waals surface area contributed by atoms with Gasteiger partial charge in [-0.15, -0.1) is 0 Å². The van der Waals surface area contributed by atoms with Crippen LogP contribution >= 0.6 is 0 Å². The van der Waals surface area contributed by atoms with E-state index in [2.05, 4.69) is 20.8 Å². The lowest BCUT2D eigenvalue weighted by atomic mass is 9.85. The van der Waals surface area contributed by atoms with Gasteiger partial charge in [0.05, 0.1) is 0 Å². The second kappa shape index (κ2) is 5.05. The molecule has 0 saturated carbocycles. The van der Waals surface area contributed by atoms with Crippen LogP contribution in [-0.4, -0.2) is 12.1 Å². The first kappa shape index (κ1) is 14.0. The number of aryl methyl sites for hydroxylation is 1. The molecule has 2 nitrogen and oxygen atoms in total. The van der Waals surface area contributed by atoms with Crippen LogP contribution in [0.4, 0.5) is 4.39 Å². The van der Waals surface area contributed by atoms with E-state index in [4.69, 9.17) is 10.5 Å². The number of benzene rings is 1. The number of rotatable bonds is 3. The molecule has 2 N–H and O–H groups in total. The minimum atomic E-state index is -0.247. The standard InChI is InChI=1S/C14H22FNO/c1-9-8-11(15)6-7-12(9)17-13(10(2)16)14(3,4)5/h6-8,10,13H,16H2,1-5H3. The Kier molecular flexibility index (Phi) is 4.15. The number of hydrogen-bond acceptors (Lipinski definition) is 2. The number of nitrogens with two attached hydrogens (primary N) is 1. The molecule has 0 saturated heterocycles. The first-order valence-electron chi connectivity index (χ1n) is 5.90. The average molecular weight is 239 g/mol. The Morgan fingerprint density at radius 2 is 1.88 bits per heavy atom. The van der Waals surface area contributed by atoms with Gasteiger partial charge in [-0.25, -0.2) is 4.39 Å². The molecule has 1 aromatic rings. The minimum Gasteiger partial charge on any atom is -0.488 e. The van der Waals surface area contributed by atoms with Crippen LogP contribution in [0.1, 0.15) is 33.3 Å². The number of halogens is 1. The molecule has 0 radical (unpaired) electrons. The van der Waals surface area contributed by atoms with Gasteiger partial charge in [0.25, 0.3) is 0 Å². The second-order valence-corrected chi connectivity index (χ2v) is 5.67. The summed E-state index contributed by atoms with van der Waals surface area (Å²) in [5, 5.41) is 0. The third-order valence-electron chi connectivity index (χ3n) is 2.72. The highest BCUT2D eigenvalue weighted by molar-refractivity contribution is 5.33. The van der Waals surface area contributed by atoms with E-state index in [9.17, 15) is 4.39 Å². The summed E-state index contributed by atoms with van der Waals surface area (Å²) >= 11 is 0. The highest BCUT2D eigenvalue weighted by Crippen LogP contribution is 2.28. The molecular formula is C14H22FNO. The third kappa shape index (κ3) is 3.70. The maximum Gasteiger partial charge on any atom is 0.123 e. The lowest BCUT2D eigenvalue weighted by Crippen LogP contribution is -2.45. The monoisotopic (exact) mass is 239 g/mol. The Labute approximate surface area is 103 Å². The summed E-state index contributed by atoms with van der Waals surface area (Å²) in [5.41, 5.74) is 6.68. The fourth-order valence-electron chi connectivity index (χ4n) is 1.95. The molecule has 0 bridgehead atoms. The van der Waals surface area contributed by atoms with Gasteiger partial charge in [-0.1, -0.05) is 20.8 Å². The molecular weight excluding hydrogens is 217 g/mol. The molecule has 1 aromatic carbocycles. The zero-order valence-electron chi connectivity index (χ0n) is 11.3. The van der Waals surface area contributed by atoms with E-state index in [0.717, 1.165) is 5.56 Å². The van der Waals surface area contributed by atoms with Crippen molar-refractivity contribution >= 4 is 0 Å². The maximum atomic E-state index is 13.0. The van der Waals surface area contributed by atoms with Gasteiger partial charge >= 0.3 is 0 Å². The average Bonchev–Trinajstić information content (AvgIpc) is 2.13. The van der Waals surface area contributed by atoms with Gasteiger partial charge in [-0.3, -0.25) is 0 Å². The third-order valence-corrected chi connectivity index (χ3v) is 2.72. The molecule has 0 aliphatic carbocycles. The van der Waals surface area contributed by atoms with Gasteiger partial charge in [0.2, 0.25) is 0 Å². The number of hydrogen-bond donors (Lipinski definition) is 1. The van der Waals surface area contributed by atoms with Gasteiger partial charge in [0.1, 0.15) is 17.7 Å². The van der Waals surface area contributed by atoms with E-state index in [1.165, 1.54) is 12.1 Å². The predicted molar refractivity (Wildman–Crippen MR) is 68.7 cm³/mol. The highest BCUT2D eigenvalue weighted by atomic mass is 19.1.